The van der Waals surface area contributed by atoms with Gasteiger partial charge in [0.1, 0.15) is 0 Å². The number of nitrogens with zero attached hydrogens (tertiary/aromatic N) is 1. The van der Waals surface area contributed by atoms with E-state index in [1.54, 1.807) is 0 Å². The van der Waals surface area contributed by atoms with Gasteiger partial charge in [-0.05, 0) is 48.4 Å². The van der Waals surface area contributed by atoms with E-state index in [1.807, 2.05) is 47.4 Å². The van der Waals surface area contributed by atoms with Crippen molar-refractivity contribution in [3.8, 4) is 0 Å². The van der Waals surface area contributed by atoms with Crippen LogP contribution in [0.4, 0.5) is 0 Å². The summed E-state index contributed by atoms with van der Waals surface area (Å²) < 4.78 is 0. The number of rotatable bonds is 7. The molecule has 2 saturated heterocycles. The van der Waals surface area contributed by atoms with E-state index in [2.05, 4.69) is 35.6 Å². The van der Waals surface area contributed by atoms with E-state index >= 15 is 0 Å². The second-order valence-electron chi connectivity index (χ2n) is 10.1. The van der Waals surface area contributed by atoms with Gasteiger partial charge >= 0.3 is 0 Å². The molecule has 180 valence electrons. The molecule has 2 heterocycles. The number of likely N-dealkylation sites (tertiary alicyclic amines) is 1. The highest BCUT2D eigenvalue weighted by molar-refractivity contribution is 5.98. The predicted octanol–water partition coefficient (Wildman–Crippen LogP) is 4.93. The van der Waals surface area contributed by atoms with Crippen LogP contribution in [0.5, 0.6) is 0 Å². The Kier molecular flexibility index (Phi) is 6.67. The van der Waals surface area contributed by atoms with Gasteiger partial charge in [-0.15, -0.1) is 0 Å². The highest BCUT2D eigenvalue weighted by Crippen LogP contribution is 2.31. The monoisotopic (exact) mass is 468 g/mol. The van der Waals surface area contributed by atoms with Gasteiger partial charge in [-0.1, -0.05) is 72.8 Å². The number of carbonyl (C=O) groups is 3. The molecule has 2 aliphatic heterocycles. The van der Waals surface area contributed by atoms with E-state index in [-0.39, 0.29) is 23.5 Å². The molecule has 2 amide bonds. The molecule has 2 fully saturated rings. The Bertz CT molecular complexity index is 1240. The minimum absolute atomic E-state index is 0.0599. The molecule has 0 spiro atoms. The van der Waals surface area contributed by atoms with Crippen molar-refractivity contribution in [3.63, 3.8) is 0 Å². The van der Waals surface area contributed by atoms with Crippen molar-refractivity contribution in [1.82, 2.24) is 10.2 Å². The van der Waals surface area contributed by atoms with E-state index in [0.717, 1.165) is 24.8 Å². The Morgan fingerprint density at radius 3 is 2.51 bits per heavy atom. The highest BCUT2D eigenvalue weighted by Gasteiger charge is 2.38. The quantitative estimate of drug-likeness (QED) is 0.500. The standard InChI is InChI=1S/C30H32N2O3/c33-27-14-16-30(31-27,20-22-12-13-23-7-4-5-10-25(23)19-22)17-15-28(34)32-18-6-11-26(21-32)29(35)24-8-2-1-3-9-24/h1-5,7-10,12-13,19,26H,6,11,14-18,20-21H2,(H,31,33). The SMILES string of the molecule is O=C1CCC(CCC(=O)N2CCCC(C(=O)c3ccccc3)C2)(Cc2ccc3ccccc3c2)N1. The summed E-state index contributed by atoms with van der Waals surface area (Å²) in [7, 11) is 0. The number of amides is 2. The third-order valence-electron chi connectivity index (χ3n) is 7.61. The maximum atomic E-state index is 13.2. The van der Waals surface area contributed by atoms with E-state index in [0.29, 0.717) is 38.8 Å². The molecular weight excluding hydrogens is 436 g/mol. The third kappa shape index (κ3) is 5.29. The third-order valence-corrected chi connectivity index (χ3v) is 7.61. The van der Waals surface area contributed by atoms with Crippen molar-refractivity contribution in [2.45, 2.75) is 50.5 Å². The molecule has 3 aromatic rings. The van der Waals surface area contributed by atoms with E-state index < -0.39 is 5.54 Å². The van der Waals surface area contributed by atoms with Crippen LogP contribution in [0, 0.1) is 5.92 Å². The van der Waals surface area contributed by atoms with E-state index in [4.69, 9.17) is 0 Å². The zero-order chi connectivity index (χ0) is 24.3. The first-order valence-electron chi connectivity index (χ1n) is 12.7. The lowest BCUT2D eigenvalue weighted by atomic mass is 9.84. The first kappa shape index (κ1) is 23.3. The lowest BCUT2D eigenvalue weighted by Gasteiger charge is -2.34. The second-order valence-corrected chi connectivity index (χ2v) is 10.1. The van der Waals surface area contributed by atoms with Gasteiger partial charge in [0.05, 0.1) is 0 Å². The zero-order valence-electron chi connectivity index (χ0n) is 20.0. The van der Waals surface area contributed by atoms with Crippen LogP contribution in [0.1, 0.15) is 54.4 Å². The van der Waals surface area contributed by atoms with Gasteiger partial charge in [-0.3, -0.25) is 14.4 Å². The van der Waals surface area contributed by atoms with Crippen LogP contribution in [0.25, 0.3) is 10.8 Å². The fraction of sp³-hybridized carbons (Fsp3) is 0.367. The number of Topliss-reactive ketones (excluding diaryl/α,β-unsaturated/α-hetero) is 1. The minimum atomic E-state index is -0.399. The second kappa shape index (κ2) is 10.0. The molecule has 0 aliphatic carbocycles. The van der Waals surface area contributed by atoms with Crippen molar-refractivity contribution < 1.29 is 14.4 Å². The van der Waals surface area contributed by atoms with E-state index in [9.17, 15) is 14.4 Å². The number of carbonyl (C=O) groups excluding carboxylic acids is 3. The molecule has 5 rings (SSSR count). The smallest absolute Gasteiger partial charge is 0.222 e. The first-order chi connectivity index (χ1) is 17.0. The van der Waals surface area contributed by atoms with Gasteiger partial charge in [-0.2, -0.15) is 0 Å². The van der Waals surface area contributed by atoms with Gasteiger partial charge in [0.2, 0.25) is 11.8 Å². The van der Waals surface area contributed by atoms with Gasteiger partial charge in [0, 0.05) is 43.0 Å². The number of fused-ring (bicyclic) bond motifs is 1. The number of nitrogens with one attached hydrogen (secondary N) is 1. The molecule has 5 nitrogen and oxygen atoms in total. The number of piperidine rings is 1. The van der Waals surface area contributed by atoms with Crippen LogP contribution < -0.4 is 5.32 Å². The van der Waals surface area contributed by atoms with Crippen molar-refractivity contribution in [1.29, 1.82) is 0 Å². The van der Waals surface area contributed by atoms with E-state index in [1.165, 1.54) is 16.3 Å². The van der Waals surface area contributed by atoms with Crippen molar-refractivity contribution in [2.24, 2.45) is 5.92 Å². The molecule has 5 heteroatoms. The highest BCUT2D eigenvalue weighted by atomic mass is 16.2. The number of hydrogen-bond donors (Lipinski definition) is 1. The normalized spacial score (nSPS) is 22.2. The van der Waals surface area contributed by atoms with Crippen LogP contribution >= 0.6 is 0 Å². The van der Waals surface area contributed by atoms with Crippen LogP contribution in [-0.2, 0) is 16.0 Å². The largest absolute Gasteiger partial charge is 0.350 e. The molecule has 2 atom stereocenters. The van der Waals surface area contributed by atoms with Gasteiger partial charge in [-0.25, -0.2) is 0 Å². The molecule has 2 aliphatic rings. The van der Waals surface area contributed by atoms with Gasteiger partial charge < -0.3 is 10.2 Å². The summed E-state index contributed by atoms with van der Waals surface area (Å²) in [5, 5.41) is 5.59. The Morgan fingerprint density at radius 2 is 1.74 bits per heavy atom. The summed E-state index contributed by atoms with van der Waals surface area (Å²) in [4.78, 5) is 40.2. The minimum Gasteiger partial charge on any atom is -0.350 e. The number of benzene rings is 3. The summed E-state index contributed by atoms with van der Waals surface area (Å²) >= 11 is 0. The summed E-state index contributed by atoms with van der Waals surface area (Å²) in [6.45, 7) is 1.18. The molecular formula is C30H32N2O3. The summed E-state index contributed by atoms with van der Waals surface area (Å²) in [5.41, 5.74) is 1.49. The van der Waals surface area contributed by atoms with Crippen molar-refractivity contribution >= 4 is 28.4 Å². The van der Waals surface area contributed by atoms with Crippen LogP contribution in [0.3, 0.4) is 0 Å². The van der Waals surface area contributed by atoms with Crippen LogP contribution in [0.2, 0.25) is 0 Å². The number of hydrogen-bond acceptors (Lipinski definition) is 3. The molecule has 3 aromatic carbocycles. The molecule has 35 heavy (non-hydrogen) atoms. The predicted molar refractivity (Wildman–Crippen MR) is 137 cm³/mol. The summed E-state index contributed by atoms with van der Waals surface area (Å²) in [5.74, 6) is 0.117. The molecule has 0 radical (unpaired) electrons. The van der Waals surface area contributed by atoms with Gasteiger partial charge in [0.15, 0.2) is 5.78 Å². The fourth-order valence-corrected chi connectivity index (χ4v) is 5.68. The lowest BCUT2D eigenvalue weighted by Crippen LogP contribution is -2.46. The molecule has 1 N–H and O–H groups in total. The Morgan fingerprint density at radius 1 is 0.971 bits per heavy atom. The molecule has 0 saturated carbocycles. The molecule has 0 aromatic heterocycles. The first-order valence-corrected chi connectivity index (χ1v) is 12.7. The summed E-state index contributed by atoms with van der Waals surface area (Å²) in [6, 6.07) is 24.1. The fourth-order valence-electron chi connectivity index (χ4n) is 5.68. The maximum Gasteiger partial charge on any atom is 0.222 e. The Labute approximate surface area is 206 Å². The average molecular weight is 469 g/mol. The Balaban J connectivity index is 1.24. The lowest BCUT2D eigenvalue weighted by molar-refractivity contribution is -0.133. The van der Waals surface area contributed by atoms with Crippen molar-refractivity contribution in [3.05, 3.63) is 83.9 Å². The van der Waals surface area contributed by atoms with Crippen LogP contribution in [-0.4, -0.2) is 41.1 Å². The van der Waals surface area contributed by atoms with Crippen LogP contribution in [0.15, 0.2) is 72.8 Å². The Hall–Kier alpha value is -3.47. The molecule has 2 unspecified atom stereocenters. The van der Waals surface area contributed by atoms with Crippen molar-refractivity contribution in [2.75, 3.05) is 13.1 Å². The number of ketones is 1. The zero-order valence-corrected chi connectivity index (χ0v) is 20.0. The summed E-state index contributed by atoms with van der Waals surface area (Å²) in [6.07, 6.45) is 4.60. The maximum absolute atomic E-state index is 13.2. The average Bonchev–Trinajstić information content (AvgIpc) is 3.27. The molecule has 0 bridgehead atoms. The topological polar surface area (TPSA) is 66.5 Å². The van der Waals surface area contributed by atoms with Gasteiger partial charge in [0.25, 0.3) is 0 Å².